The van der Waals surface area contributed by atoms with Gasteiger partial charge in [0.05, 0.1) is 11.1 Å². The minimum absolute atomic E-state index is 0. The molecule has 1 aliphatic rings. The Morgan fingerprint density at radius 2 is 1.92 bits per heavy atom. The molecule has 6 N–H and O–H groups in total. The second kappa shape index (κ2) is 11.4. The van der Waals surface area contributed by atoms with Gasteiger partial charge < -0.3 is 30.2 Å². The molecule has 36 heavy (non-hydrogen) atoms. The molecule has 0 saturated carbocycles. The van der Waals surface area contributed by atoms with E-state index in [1.807, 2.05) is 47.2 Å². The molecule has 1 fully saturated rings. The van der Waals surface area contributed by atoms with Gasteiger partial charge in [0, 0.05) is 45.4 Å². The monoisotopic (exact) mass is 538 g/mol. The van der Waals surface area contributed by atoms with Gasteiger partial charge in [-0.2, -0.15) is 0 Å². The van der Waals surface area contributed by atoms with Crippen LogP contribution < -0.4 is 4.72 Å². The van der Waals surface area contributed by atoms with Gasteiger partial charge in [-0.1, -0.05) is 18.2 Å². The van der Waals surface area contributed by atoms with Gasteiger partial charge in [-0.25, -0.2) is 9.37 Å². The Hall–Kier alpha value is -2.96. The van der Waals surface area contributed by atoms with Gasteiger partial charge in [-0.3, -0.25) is 4.79 Å². The Morgan fingerprint density at radius 1 is 1.19 bits per heavy atom. The zero-order valence-corrected chi connectivity index (χ0v) is 21.3. The summed E-state index contributed by atoms with van der Waals surface area (Å²) < 4.78 is 19.1. The first-order chi connectivity index (χ1) is 16.4. The van der Waals surface area contributed by atoms with E-state index in [1.54, 1.807) is 29.4 Å². The Kier molecular flexibility index (Phi) is 8.75. The van der Waals surface area contributed by atoms with Crippen molar-refractivity contribution in [3.63, 3.8) is 0 Å². The minimum atomic E-state index is -0.963. The summed E-state index contributed by atoms with van der Waals surface area (Å²) in [4.78, 5) is 20.2. The number of hydrogen-bond donors (Lipinski definition) is 2. The van der Waals surface area contributed by atoms with E-state index < -0.39 is 11.6 Å². The van der Waals surface area contributed by atoms with Crippen LogP contribution in [0.15, 0.2) is 71.2 Å². The van der Waals surface area contributed by atoms with Crippen LogP contribution >= 0.6 is 23.3 Å². The van der Waals surface area contributed by atoms with Crippen molar-refractivity contribution < 1.29 is 29.5 Å². The number of anilines is 1. The molecule has 3 heterocycles. The number of carbonyl (C=O) groups is 1. The number of thiazole rings is 1. The van der Waals surface area contributed by atoms with E-state index in [4.69, 9.17) is 0 Å². The van der Waals surface area contributed by atoms with Gasteiger partial charge >= 0.3 is 0 Å². The van der Waals surface area contributed by atoms with Crippen molar-refractivity contribution in [1.29, 1.82) is 0 Å². The molecule has 1 amide bonds. The van der Waals surface area contributed by atoms with Crippen molar-refractivity contribution in [3.05, 3.63) is 77.7 Å². The van der Waals surface area contributed by atoms with Crippen LogP contribution in [0.4, 0.5) is 9.52 Å². The molecule has 0 radical (unpaired) electrons. The molecule has 2 aromatic heterocycles. The predicted molar refractivity (Wildman–Crippen MR) is 148 cm³/mol. The van der Waals surface area contributed by atoms with Gasteiger partial charge in [-0.15, -0.1) is 11.3 Å². The standard InChI is InChI=1S/C25H25FN4O2S2.2H2O.3H2/c1-17(30-13-9-20-21(26)3-2-4-22(20)30)23(31)29-14-10-25(32,11-15-29)18-5-7-19(8-6-18)34-28-24-27-12-16-33-24;;;;;/h2-9,12-13,16-17,32H,10-11,14-15H2,1H3,(H,27,28);2*1H2;3*1H/t17-;;;;;/m0...../s1. The molecule has 0 bridgehead atoms. The van der Waals surface area contributed by atoms with Crippen LogP contribution in [0.1, 0.15) is 35.7 Å². The molecular formula is C25H35FN4O4S2. The molecule has 1 saturated heterocycles. The molecule has 1 atom stereocenters. The summed E-state index contributed by atoms with van der Waals surface area (Å²) in [6.07, 6.45) is 4.46. The molecule has 0 unspecified atom stereocenters. The number of rotatable bonds is 6. The largest absolute Gasteiger partial charge is 0.412 e. The highest BCUT2D eigenvalue weighted by molar-refractivity contribution is 8.00. The number of amides is 1. The van der Waals surface area contributed by atoms with Crippen molar-refractivity contribution in [2.45, 2.75) is 36.3 Å². The second-order valence-electron chi connectivity index (χ2n) is 8.49. The third kappa shape index (κ3) is 5.40. The molecule has 4 aromatic rings. The lowest BCUT2D eigenvalue weighted by Gasteiger charge is -2.39. The fraction of sp³-hybridized carbons (Fsp3) is 0.280. The number of halogens is 1. The number of nitrogens with one attached hydrogen (secondary N) is 1. The van der Waals surface area contributed by atoms with Crippen LogP contribution in [0.25, 0.3) is 10.9 Å². The maximum Gasteiger partial charge on any atom is 0.245 e. The Bertz CT molecular complexity index is 1300. The summed E-state index contributed by atoms with van der Waals surface area (Å²) in [5, 5.41) is 14.6. The first kappa shape index (κ1) is 27.6. The minimum Gasteiger partial charge on any atom is -0.412 e. The third-order valence-corrected chi connectivity index (χ3v) is 8.09. The SMILES string of the molecule is C[C@@H](C(=O)N1CCC(O)(c2ccc(SNc3nccs3)cc2)CC1)n1ccc2c(F)cccc21.O.O.[HH].[HH].[HH]. The number of aliphatic hydroxyl groups is 1. The van der Waals surface area contributed by atoms with E-state index in [0.29, 0.717) is 36.8 Å². The molecular weight excluding hydrogens is 503 g/mol. The zero-order chi connectivity index (χ0) is 23.7. The molecule has 11 heteroatoms. The van der Waals surface area contributed by atoms with Crippen LogP contribution in [-0.2, 0) is 10.4 Å². The van der Waals surface area contributed by atoms with Crippen LogP contribution in [-0.4, -0.2) is 49.5 Å². The van der Waals surface area contributed by atoms with Crippen LogP contribution in [0, 0.1) is 5.82 Å². The Balaban J connectivity index is 0.00000289. The molecule has 1 aliphatic heterocycles. The van der Waals surface area contributed by atoms with Gasteiger partial charge in [0.15, 0.2) is 5.13 Å². The van der Waals surface area contributed by atoms with Crippen molar-refractivity contribution in [2.75, 3.05) is 17.8 Å². The van der Waals surface area contributed by atoms with Gasteiger partial charge in [-0.05, 0) is 67.6 Å². The van der Waals surface area contributed by atoms with E-state index in [-0.39, 0.29) is 27.0 Å². The average molecular weight is 539 g/mol. The number of benzene rings is 2. The highest BCUT2D eigenvalue weighted by Gasteiger charge is 2.36. The fourth-order valence-electron chi connectivity index (χ4n) is 4.47. The second-order valence-corrected chi connectivity index (χ2v) is 10.3. The quantitative estimate of drug-likeness (QED) is 0.348. The number of likely N-dealkylation sites (tertiary alicyclic amines) is 1. The van der Waals surface area contributed by atoms with E-state index in [2.05, 4.69) is 9.71 Å². The summed E-state index contributed by atoms with van der Waals surface area (Å²) in [7, 11) is 0. The summed E-state index contributed by atoms with van der Waals surface area (Å²) in [6, 6.07) is 14.0. The lowest BCUT2D eigenvalue weighted by Crippen LogP contribution is -2.47. The Labute approximate surface area is 221 Å². The first-order valence-electron chi connectivity index (χ1n) is 11.1. The maximum atomic E-state index is 14.1. The average Bonchev–Trinajstić information content (AvgIpc) is 3.53. The van der Waals surface area contributed by atoms with Crippen molar-refractivity contribution >= 4 is 45.2 Å². The molecule has 198 valence electrons. The number of carbonyl (C=O) groups excluding carboxylic acids is 1. The van der Waals surface area contributed by atoms with Crippen molar-refractivity contribution in [2.24, 2.45) is 0 Å². The number of aromatic nitrogens is 2. The predicted octanol–water partition coefficient (Wildman–Crippen LogP) is 4.52. The number of fused-ring (bicyclic) bond motifs is 1. The van der Waals surface area contributed by atoms with E-state index in [0.717, 1.165) is 15.6 Å². The summed E-state index contributed by atoms with van der Waals surface area (Å²) in [6.45, 7) is 2.77. The zero-order valence-electron chi connectivity index (χ0n) is 19.6. The van der Waals surface area contributed by atoms with Crippen LogP contribution in [0.3, 0.4) is 0 Å². The molecule has 0 spiro atoms. The van der Waals surface area contributed by atoms with Crippen LogP contribution in [0.2, 0.25) is 0 Å². The number of piperidine rings is 1. The van der Waals surface area contributed by atoms with E-state index in [9.17, 15) is 14.3 Å². The van der Waals surface area contributed by atoms with Gasteiger partial charge in [0.25, 0.3) is 0 Å². The van der Waals surface area contributed by atoms with E-state index in [1.165, 1.54) is 29.4 Å². The first-order valence-corrected chi connectivity index (χ1v) is 12.8. The fourth-order valence-corrected chi connectivity index (χ4v) is 5.69. The summed E-state index contributed by atoms with van der Waals surface area (Å²) >= 11 is 3.02. The van der Waals surface area contributed by atoms with Crippen LogP contribution in [0.5, 0.6) is 0 Å². The lowest BCUT2D eigenvalue weighted by atomic mass is 9.84. The summed E-state index contributed by atoms with van der Waals surface area (Å²) in [5.74, 6) is -0.314. The molecule has 2 aromatic carbocycles. The molecule has 0 aliphatic carbocycles. The normalized spacial score (nSPS) is 15.6. The van der Waals surface area contributed by atoms with Gasteiger partial charge in [0.2, 0.25) is 5.91 Å². The smallest absolute Gasteiger partial charge is 0.245 e. The molecule has 8 nitrogen and oxygen atoms in total. The topological polar surface area (TPSA) is 133 Å². The maximum absolute atomic E-state index is 14.1. The van der Waals surface area contributed by atoms with Crippen molar-refractivity contribution in [3.8, 4) is 0 Å². The Morgan fingerprint density at radius 3 is 2.58 bits per heavy atom. The van der Waals surface area contributed by atoms with Crippen molar-refractivity contribution in [1.82, 2.24) is 14.5 Å². The number of nitrogens with zero attached hydrogens (tertiary/aromatic N) is 3. The lowest BCUT2D eigenvalue weighted by molar-refractivity contribution is -0.138. The molecule has 5 rings (SSSR count). The van der Waals surface area contributed by atoms with E-state index >= 15 is 0 Å². The number of hydrogen-bond acceptors (Lipinski definition) is 6. The summed E-state index contributed by atoms with van der Waals surface area (Å²) in [5.41, 5.74) is 0.602. The highest BCUT2D eigenvalue weighted by atomic mass is 32.2. The highest BCUT2D eigenvalue weighted by Crippen LogP contribution is 2.35. The van der Waals surface area contributed by atoms with Gasteiger partial charge in [0.1, 0.15) is 11.9 Å². The third-order valence-electron chi connectivity index (χ3n) is 6.47.